The van der Waals surface area contributed by atoms with E-state index < -0.39 is 0 Å². The third-order valence-corrected chi connectivity index (χ3v) is 2.88. The molecule has 0 saturated heterocycles. The second-order valence-corrected chi connectivity index (χ2v) is 3.97. The van der Waals surface area contributed by atoms with Crippen molar-refractivity contribution in [2.24, 2.45) is 0 Å². The largest absolute Gasteiger partial charge is 0.329 e. The molecule has 0 fully saturated rings. The van der Waals surface area contributed by atoms with Crippen LogP contribution in [0.4, 0.5) is 0 Å². The second kappa shape index (κ2) is 3.91. The number of H-pyrrole nitrogens is 1. The lowest BCUT2D eigenvalue weighted by molar-refractivity contribution is 1.28. The predicted octanol–water partition coefficient (Wildman–Crippen LogP) is 3.20. The van der Waals surface area contributed by atoms with Crippen molar-refractivity contribution in [1.82, 2.24) is 4.98 Å². The van der Waals surface area contributed by atoms with E-state index in [0.717, 1.165) is 21.9 Å². The maximum Gasteiger partial charge on any atom is 0.255 e. The van der Waals surface area contributed by atoms with Crippen molar-refractivity contribution >= 4 is 10.8 Å². The van der Waals surface area contributed by atoms with Crippen LogP contribution in [0.15, 0.2) is 65.6 Å². The topological polar surface area (TPSA) is 32.9 Å². The van der Waals surface area contributed by atoms with E-state index in [9.17, 15) is 4.79 Å². The molecular formula is C15H11NO. The van der Waals surface area contributed by atoms with Gasteiger partial charge in [0.05, 0.1) is 0 Å². The number of hydrogen-bond acceptors (Lipinski definition) is 1. The van der Waals surface area contributed by atoms with E-state index >= 15 is 0 Å². The van der Waals surface area contributed by atoms with Gasteiger partial charge in [0, 0.05) is 11.6 Å². The van der Waals surface area contributed by atoms with Crippen LogP contribution >= 0.6 is 0 Å². The van der Waals surface area contributed by atoms with Crippen LogP contribution in [0, 0.1) is 0 Å². The number of benzene rings is 2. The van der Waals surface area contributed by atoms with Gasteiger partial charge in [-0.2, -0.15) is 0 Å². The van der Waals surface area contributed by atoms with Gasteiger partial charge in [0.2, 0.25) is 0 Å². The monoisotopic (exact) mass is 221 g/mol. The van der Waals surface area contributed by atoms with Gasteiger partial charge in [-0.25, -0.2) is 0 Å². The summed E-state index contributed by atoms with van der Waals surface area (Å²) in [6.07, 6.45) is 1.68. The van der Waals surface area contributed by atoms with E-state index in [-0.39, 0.29) is 5.56 Å². The maximum atomic E-state index is 11.6. The lowest BCUT2D eigenvalue weighted by Gasteiger charge is -2.03. The molecule has 0 aliphatic rings. The summed E-state index contributed by atoms with van der Waals surface area (Å²) in [5.74, 6) is 0. The summed E-state index contributed by atoms with van der Waals surface area (Å²) in [4.78, 5) is 14.2. The van der Waals surface area contributed by atoms with Crippen LogP contribution in [0.5, 0.6) is 0 Å². The van der Waals surface area contributed by atoms with Crippen molar-refractivity contribution in [2.45, 2.75) is 0 Å². The molecule has 1 heterocycles. The van der Waals surface area contributed by atoms with Gasteiger partial charge < -0.3 is 4.98 Å². The first-order valence-corrected chi connectivity index (χ1v) is 5.51. The Balaban J connectivity index is 2.25. The van der Waals surface area contributed by atoms with Gasteiger partial charge >= 0.3 is 0 Å². The van der Waals surface area contributed by atoms with Crippen molar-refractivity contribution in [2.75, 3.05) is 0 Å². The highest BCUT2D eigenvalue weighted by atomic mass is 16.1. The first kappa shape index (κ1) is 9.85. The zero-order chi connectivity index (χ0) is 11.7. The van der Waals surface area contributed by atoms with Gasteiger partial charge in [-0.15, -0.1) is 0 Å². The first-order valence-electron chi connectivity index (χ1n) is 5.51. The quantitative estimate of drug-likeness (QED) is 0.672. The molecule has 1 N–H and O–H groups in total. The van der Waals surface area contributed by atoms with E-state index in [1.165, 1.54) is 0 Å². The third kappa shape index (κ3) is 1.74. The molecule has 0 bridgehead atoms. The summed E-state index contributed by atoms with van der Waals surface area (Å²) in [7, 11) is 0. The summed E-state index contributed by atoms with van der Waals surface area (Å²) in [5.41, 5.74) is 2.25. The van der Waals surface area contributed by atoms with E-state index in [2.05, 4.69) is 17.1 Å². The van der Waals surface area contributed by atoms with Crippen molar-refractivity contribution in [3.05, 3.63) is 71.1 Å². The van der Waals surface area contributed by atoms with Crippen LogP contribution in [0.1, 0.15) is 0 Å². The first-order chi connectivity index (χ1) is 8.34. The Morgan fingerprint density at radius 3 is 2.47 bits per heavy atom. The van der Waals surface area contributed by atoms with Crippen LogP contribution in [-0.2, 0) is 0 Å². The Labute approximate surface area is 98.6 Å². The fourth-order valence-corrected chi connectivity index (χ4v) is 2.00. The van der Waals surface area contributed by atoms with E-state index in [4.69, 9.17) is 0 Å². The van der Waals surface area contributed by atoms with Crippen molar-refractivity contribution < 1.29 is 0 Å². The molecule has 3 rings (SSSR count). The summed E-state index contributed by atoms with van der Waals surface area (Å²) in [5, 5.41) is 1.70. The van der Waals surface area contributed by atoms with Crippen molar-refractivity contribution in [3.8, 4) is 11.1 Å². The van der Waals surface area contributed by atoms with Crippen LogP contribution < -0.4 is 5.56 Å². The second-order valence-electron chi connectivity index (χ2n) is 3.97. The number of rotatable bonds is 1. The molecular weight excluding hydrogens is 210 g/mol. The minimum absolute atomic E-state index is 0.0397. The SMILES string of the molecule is O=c1[nH]ccc2cc(-c3ccccc3)ccc12. The molecule has 0 aliphatic heterocycles. The van der Waals surface area contributed by atoms with Gasteiger partial charge in [-0.05, 0) is 34.7 Å². The Morgan fingerprint density at radius 2 is 1.65 bits per heavy atom. The summed E-state index contributed by atoms with van der Waals surface area (Å²) >= 11 is 0. The molecule has 2 aromatic carbocycles. The van der Waals surface area contributed by atoms with Gasteiger partial charge in [0.1, 0.15) is 0 Å². The third-order valence-electron chi connectivity index (χ3n) is 2.88. The molecule has 0 amide bonds. The van der Waals surface area contributed by atoms with Crippen molar-refractivity contribution in [1.29, 1.82) is 0 Å². The Kier molecular flexibility index (Phi) is 2.26. The zero-order valence-corrected chi connectivity index (χ0v) is 9.18. The van der Waals surface area contributed by atoms with Crippen LogP contribution in [0.3, 0.4) is 0 Å². The molecule has 0 unspecified atom stereocenters. The molecule has 82 valence electrons. The number of nitrogens with one attached hydrogen (secondary N) is 1. The predicted molar refractivity (Wildman–Crippen MR) is 70.0 cm³/mol. The van der Waals surface area contributed by atoms with Crippen LogP contribution in [0.25, 0.3) is 21.9 Å². The van der Waals surface area contributed by atoms with Crippen LogP contribution in [0.2, 0.25) is 0 Å². The fraction of sp³-hybridized carbons (Fsp3) is 0. The summed E-state index contributed by atoms with van der Waals surface area (Å²) < 4.78 is 0. The van der Waals surface area contributed by atoms with Crippen molar-refractivity contribution in [3.63, 3.8) is 0 Å². The minimum Gasteiger partial charge on any atom is -0.329 e. The Hall–Kier alpha value is -2.35. The standard InChI is InChI=1S/C15H11NO/c17-15-14-7-6-12(10-13(14)8-9-16-15)11-4-2-1-3-5-11/h1-10H,(H,16,17). The molecule has 17 heavy (non-hydrogen) atoms. The lowest BCUT2D eigenvalue weighted by Crippen LogP contribution is -2.03. The normalized spacial score (nSPS) is 10.6. The highest BCUT2D eigenvalue weighted by molar-refractivity contribution is 5.86. The Bertz CT molecular complexity index is 714. The zero-order valence-electron chi connectivity index (χ0n) is 9.18. The van der Waals surface area contributed by atoms with Gasteiger partial charge in [-0.3, -0.25) is 4.79 Å². The van der Waals surface area contributed by atoms with Gasteiger partial charge in [0.25, 0.3) is 5.56 Å². The highest BCUT2D eigenvalue weighted by Crippen LogP contribution is 2.22. The molecule has 0 aliphatic carbocycles. The van der Waals surface area contributed by atoms with E-state index in [1.54, 1.807) is 6.20 Å². The van der Waals surface area contributed by atoms with Crippen LogP contribution in [-0.4, -0.2) is 4.98 Å². The molecule has 0 saturated carbocycles. The maximum absolute atomic E-state index is 11.6. The van der Waals surface area contributed by atoms with E-state index in [0.29, 0.717) is 0 Å². The lowest BCUT2D eigenvalue weighted by atomic mass is 10.0. The molecule has 2 nitrogen and oxygen atoms in total. The Morgan fingerprint density at radius 1 is 0.824 bits per heavy atom. The summed E-state index contributed by atoms with van der Waals surface area (Å²) in [6, 6.07) is 18.0. The molecule has 0 spiro atoms. The molecule has 0 radical (unpaired) electrons. The molecule has 3 aromatic rings. The number of fused-ring (bicyclic) bond motifs is 1. The number of aromatic amines is 1. The highest BCUT2D eigenvalue weighted by Gasteiger charge is 2.00. The molecule has 2 heteroatoms. The number of pyridine rings is 1. The smallest absolute Gasteiger partial charge is 0.255 e. The average molecular weight is 221 g/mol. The minimum atomic E-state index is -0.0397. The summed E-state index contributed by atoms with van der Waals surface area (Å²) in [6.45, 7) is 0. The van der Waals surface area contributed by atoms with Gasteiger partial charge in [-0.1, -0.05) is 36.4 Å². The average Bonchev–Trinajstić information content (AvgIpc) is 2.40. The van der Waals surface area contributed by atoms with Gasteiger partial charge in [0.15, 0.2) is 0 Å². The van der Waals surface area contributed by atoms with E-state index in [1.807, 2.05) is 42.5 Å². The molecule has 0 atom stereocenters. The number of hydrogen-bond donors (Lipinski definition) is 1. The fourth-order valence-electron chi connectivity index (χ4n) is 2.00. The number of aromatic nitrogens is 1. The molecule has 1 aromatic heterocycles.